The van der Waals surface area contributed by atoms with Crippen molar-refractivity contribution in [1.29, 1.82) is 0 Å². The Morgan fingerprint density at radius 1 is 0.966 bits per heavy atom. The van der Waals surface area contributed by atoms with Crippen LogP contribution in [0, 0.1) is 11.3 Å². The van der Waals surface area contributed by atoms with E-state index in [1.165, 1.54) is 0 Å². The van der Waals surface area contributed by atoms with Gasteiger partial charge in [0, 0.05) is 0 Å². The smallest absolute Gasteiger partial charge is 0.319 e. The first kappa shape index (κ1) is 21.3. The summed E-state index contributed by atoms with van der Waals surface area (Å²) in [6.45, 7) is 8.74. The van der Waals surface area contributed by atoms with Crippen molar-refractivity contribution in [2.45, 2.75) is 32.7 Å². The molecule has 0 radical (unpaired) electrons. The minimum atomic E-state index is -2.77. The molecule has 2 aromatic rings. The molecule has 0 spiro atoms. The summed E-state index contributed by atoms with van der Waals surface area (Å²) in [5.74, 6) is -0.648. The molecular formula is C25H30O3Si. The molecule has 0 atom stereocenters. The third-order valence-corrected chi connectivity index (χ3v) is 10.7. The van der Waals surface area contributed by atoms with Crippen molar-refractivity contribution in [3.8, 4) is 0 Å². The van der Waals surface area contributed by atoms with Crippen LogP contribution in [0.3, 0.4) is 0 Å². The summed E-state index contributed by atoms with van der Waals surface area (Å²) in [6.07, 6.45) is 7.47. The predicted octanol–water partition coefficient (Wildman–Crippen LogP) is 4.40. The van der Waals surface area contributed by atoms with Gasteiger partial charge in [-0.3, -0.25) is 4.79 Å². The molecule has 0 saturated heterocycles. The predicted molar refractivity (Wildman–Crippen MR) is 121 cm³/mol. The number of carbonyl (C=O) groups is 1. The van der Waals surface area contributed by atoms with Crippen LogP contribution in [-0.4, -0.2) is 26.0 Å². The number of carboxylic acids is 1. The SMILES string of the molecule is CC1C=CC(CO[Si](c2ccccc2)(c2ccccc2)C(C)(C)C)(C(=O)O)C=C1. The van der Waals surface area contributed by atoms with Gasteiger partial charge < -0.3 is 9.53 Å². The van der Waals surface area contributed by atoms with E-state index in [9.17, 15) is 9.90 Å². The second-order valence-corrected chi connectivity index (χ2v) is 13.2. The highest BCUT2D eigenvalue weighted by molar-refractivity contribution is 6.99. The van der Waals surface area contributed by atoms with E-state index in [4.69, 9.17) is 4.43 Å². The van der Waals surface area contributed by atoms with Crippen LogP contribution in [0.4, 0.5) is 0 Å². The third-order valence-electron chi connectivity index (χ3n) is 5.74. The Morgan fingerprint density at radius 3 is 1.79 bits per heavy atom. The molecule has 29 heavy (non-hydrogen) atoms. The number of allylic oxidation sites excluding steroid dienone is 2. The molecule has 0 fully saturated rings. The summed E-state index contributed by atoms with van der Waals surface area (Å²) >= 11 is 0. The van der Waals surface area contributed by atoms with Gasteiger partial charge in [0.25, 0.3) is 8.32 Å². The highest BCUT2D eigenvalue weighted by Gasteiger charge is 2.52. The van der Waals surface area contributed by atoms with E-state index < -0.39 is 19.7 Å². The monoisotopic (exact) mass is 406 g/mol. The van der Waals surface area contributed by atoms with Gasteiger partial charge in [-0.1, -0.05) is 113 Å². The highest BCUT2D eigenvalue weighted by Crippen LogP contribution is 2.39. The van der Waals surface area contributed by atoms with E-state index in [1.54, 1.807) is 12.2 Å². The fraction of sp³-hybridized carbons (Fsp3) is 0.320. The quantitative estimate of drug-likeness (QED) is 0.571. The Balaban J connectivity index is 2.13. The molecule has 3 nitrogen and oxygen atoms in total. The van der Waals surface area contributed by atoms with Crippen molar-refractivity contribution in [3.63, 3.8) is 0 Å². The fourth-order valence-electron chi connectivity index (χ4n) is 4.06. The van der Waals surface area contributed by atoms with Crippen LogP contribution in [0.25, 0.3) is 0 Å². The summed E-state index contributed by atoms with van der Waals surface area (Å²) < 4.78 is 6.86. The van der Waals surface area contributed by atoms with Crippen LogP contribution in [0.5, 0.6) is 0 Å². The number of hydrogen-bond acceptors (Lipinski definition) is 2. The lowest BCUT2D eigenvalue weighted by Crippen LogP contribution is -2.67. The van der Waals surface area contributed by atoms with Gasteiger partial charge in [0.15, 0.2) is 0 Å². The largest absolute Gasteiger partial charge is 0.480 e. The van der Waals surface area contributed by atoms with Crippen LogP contribution in [0.2, 0.25) is 5.04 Å². The van der Waals surface area contributed by atoms with Crippen LogP contribution in [-0.2, 0) is 9.22 Å². The molecule has 0 unspecified atom stereocenters. The van der Waals surface area contributed by atoms with Crippen molar-refractivity contribution in [2.24, 2.45) is 11.3 Å². The Labute approximate surface area is 174 Å². The summed E-state index contributed by atoms with van der Waals surface area (Å²) in [5.41, 5.74) is -1.14. The lowest BCUT2D eigenvalue weighted by atomic mass is 9.83. The molecule has 0 heterocycles. The summed E-state index contributed by atoms with van der Waals surface area (Å²) in [5, 5.41) is 12.2. The maximum Gasteiger partial charge on any atom is 0.319 e. The van der Waals surface area contributed by atoms with E-state index in [0.717, 1.165) is 10.4 Å². The van der Waals surface area contributed by atoms with Gasteiger partial charge in [0.2, 0.25) is 0 Å². The molecule has 1 aliphatic carbocycles. The van der Waals surface area contributed by atoms with Gasteiger partial charge in [-0.2, -0.15) is 0 Å². The van der Waals surface area contributed by atoms with Gasteiger partial charge in [-0.05, 0) is 21.3 Å². The Hall–Kier alpha value is -2.43. The molecular weight excluding hydrogens is 376 g/mol. The second-order valence-electron chi connectivity index (χ2n) is 8.87. The van der Waals surface area contributed by atoms with Crippen molar-refractivity contribution < 1.29 is 14.3 Å². The average Bonchev–Trinajstić information content (AvgIpc) is 2.70. The molecule has 1 aliphatic rings. The van der Waals surface area contributed by atoms with Gasteiger partial charge in [0.1, 0.15) is 5.41 Å². The summed E-state index contributed by atoms with van der Waals surface area (Å²) in [6, 6.07) is 20.6. The number of rotatable bonds is 6. The van der Waals surface area contributed by atoms with E-state index >= 15 is 0 Å². The van der Waals surface area contributed by atoms with E-state index in [0.29, 0.717) is 0 Å². The van der Waals surface area contributed by atoms with Gasteiger partial charge >= 0.3 is 5.97 Å². The lowest BCUT2D eigenvalue weighted by Gasteiger charge is -2.44. The maximum absolute atomic E-state index is 12.3. The van der Waals surface area contributed by atoms with E-state index in [-0.39, 0.29) is 17.6 Å². The molecule has 0 aliphatic heterocycles. The molecule has 0 saturated carbocycles. The van der Waals surface area contributed by atoms with Crippen LogP contribution >= 0.6 is 0 Å². The van der Waals surface area contributed by atoms with Crippen molar-refractivity contribution >= 4 is 24.7 Å². The van der Waals surface area contributed by atoms with Crippen LogP contribution in [0.15, 0.2) is 85.0 Å². The topological polar surface area (TPSA) is 46.5 Å². The Morgan fingerprint density at radius 2 is 1.41 bits per heavy atom. The number of hydrogen-bond donors (Lipinski definition) is 1. The maximum atomic E-state index is 12.3. The highest BCUT2D eigenvalue weighted by atomic mass is 28.4. The zero-order valence-electron chi connectivity index (χ0n) is 17.6. The molecule has 152 valence electrons. The molecule has 0 aromatic heterocycles. The first-order valence-electron chi connectivity index (χ1n) is 10.1. The molecule has 1 N–H and O–H groups in total. The minimum absolute atomic E-state index is 0.106. The van der Waals surface area contributed by atoms with Crippen molar-refractivity contribution in [2.75, 3.05) is 6.61 Å². The first-order chi connectivity index (χ1) is 13.7. The summed E-state index contributed by atoms with van der Waals surface area (Å²) in [4.78, 5) is 12.3. The molecule has 0 amide bonds. The number of aliphatic carboxylic acids is 1. The number of benzene rings is 2. The lowest BCUT2D eigenvalue weighted by molar-refractivity contribution is -0.145. The molecule has 3 rings (SSSR count). The minimum Gasteiger partial charge on any atom is -0.480 e. The Kier molecular flexibility index (Phi) is 5.97. The standard InChI is InChI=1S/C25H30O3Si/c1-20-15-17-25(18-16-20,23(26)27)19-28-29(24(2,3)4,21-11-7-5-8-12-21)22-13-9-6-10-14-22/h5-18,20H,19H2,1-4H3,(H,26,27). The zero-order valence-corrected chi connectivity index (χ0v) is 18.6. The van der Waals surface area contributed by atoms with Gasteiger partial charge in [0.05, 0.1) is 6.61 Å². The molecule has 2 aromatic carbocycles. The second kappa shape index (κ2) is 8.13. The third kappa shape index (κ3) is 4.00. The van der Waals surface area contributed by atoms with Crippen molar-refractivity contribution in [3.05, 3.63) is 85.0 Å². The Bertz CT molecular complexity index is 841. The fourth-order valence-corrected chi connectivity index (χ4v) is 8.67. The molecule has 0 bridgehead atoms. The first-order valence-corrected chi connectivity index (χ1v) is 12.0. The van der Waals surface area contributed by atoms with Crippen LogP contribution < -0.4 is 10.4 Å². The van der Waals surface area contributed by atoms with Crippen molar-refractivity contribution in [1.82, 2.24) is 0 Å². The van der Waals surface area contributed by atoms with E-state index in [1.807, 2.05) is 55.5 Å². The van der Waals surface area contributed by atoms with E-state index in [2.05, 4.69) is 45.0 Å². The van der Waals surface area contributed by atoms with Gasteiger partial charge in [-0.15, -0.1) is 0 Å². The number of carboxylic acid groups (broad SMARTS) is 1. The van der Waals surface area contributed by atoms with Crippen LogP contribution in [0.1, 0.15) is 27.7 Å². The molecule has 4 heteroatoms. The van der Waals surface area contributed by atoms with Gasteiger partial charge in [-0.25, -0.2) is 0 Å². The normalized spacial score (nSPS) is 21.9. The average molecular weight is 407 g/mol. The zero-order chi connectivity index (χ0) is 21.1. The summed E-state index contributed by atoms with van der Waals surface area (Å²) in [7, 11) is -2.77.